The van der Waals surface area contributed by atoms with Gasteiger partial charge in [0.1, 0.15) is 0 Å². The minimum atomic E-state index is 0.238. The molecule has 1 aliphatic rings. The summed E-state index contributed by atoms with van der Waals surface area (Å²) in [5.74, 6) is 0.891. The Kier molecular flexibility index (Phi) is 6.45. The lowest BCUT2D eigenvalue weighted by Crippen LogP contribution is -2.40. The Morgan fingerprint density at radius 1 is 1.18 bits per heavy atom. The molecule has 3 heteroatoms. The van der Waals surface area contributed by atoms with E-state index >= 15 is 0 Å². The van der Waals surface area contributed by atoms with Crippen molar-refractivity contribution in [3.63, 3.8) is 0 Å². The van der Waals surface area contributed by atoms with Gasteiger partial charge >= 0.3 is 0 Å². The Hall–Kier alpha value is -0.120. The molecule has 1 fully saturated rings. The van der Waals surface area contributed by atoms with Crippen LogP contribution in [-0.4, -0.2) is 50.3 Å². The molecular formula is C14H30N2O. The van der Waals surface area contributed by atoms with Gasteiger partial charge in [0.05, 0.1) is 0 Å². The molecule has 1 saturated heterocycles. The van der Waals surface area contributed by atoms with Gasteiger partial charge in [-0.3, -0.25) is 0 Å². The molecule has 1 aliphatic heterocycles. The molecule has 0 aliphatic carbocycles. The minimum absolute atomic E-state index is 0.238. The molecule has 0 atom stereocenters. The van der Waals surface area contributed by atoms with Crippen molar-refractivity contribution in [3.8, 4) is 0 Å². The maximum absolute atomic E-state index is 5.39. The molecule has 0 spiro atoms. The molecule has 1 N–H and O–H groups in total. The molecule has 0 amide bonds. The van der Waals surface area contributed by atoms with Crippen LogP contribution in [0.4, 0.5) is 0 Å². The maximum atomic E-state index is 5.39. The average molecular weight is 242 g/mol. The van der Waals surface area contributed by atoms with Gasteiger partial charge in [0.25, 0.3) is 0 Å². The summed E-state index contributed by atoms with van der Waals surface area (Å²) in [7, 11) is 2.23. The van der Waals surface area contributed by atoms with Crippen LogP contribution in [0.25, 0.3) is 0 Å². The number of nitrogens with one attached hydrogen (secondary N) is 1. The first kappa shape index (κ1) is 14.9. The maximum Gasteiger partial charge on any atom is 0.0468 e. The molecular weight excluding hydrogens is 212 g/mol. The third-order valence-corrected chi connectivity index (χ3v) is 3.41. The molecule has 0 aromatic carbocycles. The zero-order valence-corrected chi connectivity index (χ0v) is 12.1. The molecule has 0 unspecified atom stereocenters. The Morgan fingerprint density at radius 2 is 1.82 bits per heavy atom. The molecule has 102 valence electrons. The lowest BCUT2D eigenvalue weighted by atomic mass is 9.96. The van der Waals surface area contributed by atoms with Crippen LogP contribution in [0.3, 0.4) is 0 Å². The van der Waals surface area contributed by atoms with Crippen LogP contribution in [0.2, 0.25) is 0 Å². The number of rotatable bonds is 6. The monoisotopic (exact) mass is 242 g/mol. The molecule has 17 heavy (non-hydrogen) atoms. The number of likely N-dealkylation sites (N-methyl/N-ethyl adjacent to an activating group) is 1. The van der Waals surface area contributed by atoms with Crippen LogP contribution in [-0.2, 0) is 4.74 Å². The average Bonchev–Trinajstić information content (AvgIpc) is 2.26. The lowest BCUT2D eigenvalue weighted by molar-refractivity contribution is 0.0610. The van der Waals surface area contributed by atoms with E-state index in [1.54, 1.807) is 0 Å². The van der Waals surface area contributed by atoms with E-state index in [0.29, 0.717) is 0 Å². The molecule has 0 radical (unpaired) electrons. The third-order valence-electron chi connectivity index (χ3n) is 3.41. The fraction of sp³-hybridized carbons (Fsp3) is 1.00. The Morgan fingerprint density at radius 3 is 2.41 bits per heavy atom. The van der Waals surface area contributed by atoms with Gasteiger partial charge in [-0.15, -0.1) is 0 Å². The van der Waals surface area contributed by atoms with Crippen molar-refractivity contribution >= 4 is 0 Å². The fourth-order valence-corrected chi connectivity index (χ4v) is 2.17. The van der Waals surface area contributed by atoms with Crippen LogP contribution >= 0.6 is 0 Å². The van der Waals surface area contributed by atoms with Crippen molar-refractivity contribution in [2.75, 3.05) is 39.9 Å². The second kappa shape index (κ2) is 7.34. The first-order chi connectivity index (χ1) is 7.97. The van der Waals surface area contributed by atoms with E-state index in [1.807, 2.05) is 0 Å². The van der Waals surface area contributed by atoms with Gasteiger partial charge < -0.3 is 15.0 Å². The smallest absolute Gasteiger partial charge is 0.0468 e. The molecule has 0 bridgehead atoms. The Labute approximate surface area is 107 Å². The first-order valence-electron chi connectivity index (χ1n) is 6.99. The van der Waals surface area contributed by atoms with Crippen LogP contribution < -0.4 is 5.32 Å². The molecule has 0 aromatic heterocycles. The second-order valence-electron chi connectivity index (χ2n) is 6.32. The van der Waals surface area contributed by atoms with E-state index in [-0.39, 0.29) is 5.54 Å². The van der Waals surface area contributed by atoms with Crippen molar-refractivity contribution in [2.45, 2.75) is 45.6 Å². The number of ether oxygens (including phenoxy) is 1. The van der Waals surface area contributed by atoms with Crippen molar-refractivity contribution in [2.24, 2.45) is 5.92 Å². The van der Waals surface area contributed by atoms with Crippen LogP contribution in [0, 0.1) is 5.92 Å². The fourth-order valence-electron chi connectivity index (χ4n) is 2.17. The number of hydrogen-bond donors (Lipinski definition) is 1. The highest BCUT2D eigenvalue weighted by Crippen LogP contribution is 2.18. The van der Waals surface area contributed by atoms with Gasteiger partial charge in [0, 0.05) is 31.8 Å². The quantitative estimate of drug-likeness (QED) is 0.772. The summed E-state index contributed by atoms with van der Waals surface area (Å²) in [5.41, 5.74) is 0.238. The Balaban J connectivity index is 2.02. The SMILES string of the molecule is CN(CCNC(C)(C)C)CCC1CCOCC1. The molecule has 0 saturated carbocycles. The summed E-state index contributed by atoms with van der Waals surface area (Å²) in [4.78, 5) is 2.44. The van der Waals surface area contributed by atoms with E-state index < -0.39 is 0 Å². The highest BCUT2D eigenvalue weighted by Gasteiger charge is 2.14. The van der Waals surface area contributed by atoms with Gasteiger partial charge in [-0.2, -0.15) is 0 Å². The summed E-state index contributed by atoms with van der Waals surface area (Å²) < 4.78 is 5.39. The van der Waals surface area contributed by atoms with Crippen molar-refractivity contribution in [1.82, 2.24) is 10.2 Å². The van der Waals surface area contributed by atoms with E-state index in [4.69, 9.17) is 4.74 Å². The summed E-state index contributed by atoms with van der Waals surface area (Å²) in [6.07, 6.45) is 3.84. The standard InChI is InChI=1S/C14H30N2O/c1-14(2,3)15-8-10-16(4)9-5-13-6-11-17-12-7-13/h13,15H,5-12H2,1-4H3. The van der Waals surface area contributed by atoms with Crippen molar-refractivity contribution < 1.29 is 4.74 Å². The van der Waals surface area contributed by atoms with Crippen LogP contribution in [0.1, 0.15) is 40.0 Å². The number of nitrogens with zero attached hydrogens (tertiary/aromatic N) is 1. The molecule has 1 heterocycles. The van der Waals surface area contributed by atoms with Gasteiger partial charge in [0.2, 0.25) is 0 Å². The predicted molar refractivity (Wildman–Crippen MR) is 73.4 cm³/mol. The largest absolute Gasteiger partial charge is 0.381 e. The van der Waals surface area contributed by atoms with Gasteiger partial charge in [0.15, 0.2) is 0 Å². The predicted octanol–water partition coefficient (Wildman–Crippen LogP) is 2.12. The lowest BCUT2D eigenvalue weighted by Gasteiger charge is -2.26. The first-order valence-corrected chi connectivity index (χ1v) is 6.99. The summed E-state index contributed by atoms with van der Waals surface area (Å²) in [5, 5.41) is 3.53. The van der Waals surface area contributed by atoms with Gasteiger partial charge in [-0.05, 0) is 59.5 Å². The van der Waals surface area contributed by atoms with E-state index in [1.165, 1.54) is 25.8 Å². The summed E-state index contributed by atoms with van der Waals surface area (Å²) in [6.45, 7) is 12.0. The van der Waals surface area contributed by atoms with Crippen molar-refractivity contribution in [1.29, 1.82) is 0 Å². The molecule has 1 rings (SSSR count). The van der Waals surface area contributed by atoms with Gasteiger partial charge in [-0.1, -0.05) is 0 Å². The highest BCUT2D eigenvalue weighted by molar-refractivity contribution is 4.71. The van der Waals surface area contributed by atoms with E-state index in [0.717, 1.165) is 32.2 Å². The van der Waals surface area contributed by atoms with Crippen molar-refractivity contribution in [3.05, 3.63) is 0 Å². The van der Waals surface area contributed by atoms with Crippen LogP contribution in [0.15, 0.2) is 0 Å². The zero-order chi connectivity index (χ0) is 12.7. The number of hydrogen-bond acceptors (Lipinski definition) is 3. The minimum Gasteiger partial charge on any atom is -0.381 e. The highest BCUT2D eigenvalue weighted by atomic mass is 16.5. The third kappa shape index (κ3) is 7.74. The van der Waals surface area contributed by atoms with Crippen LogP contribution in [0.5, 0.6) is 0 Å². The zero-order valence-electron chi connectivity index (χ0n) is 12.1. The normalized spacial score (nSPS) is 18.9. The van der Waals surface area contributed by atoms with E-state index in [2.05, 4.69) is 38.0 Å². The molecule has 3 nitrogen and oxygen atoms in total. The second-order valence-corrected chi connectivity index (χ2v) is 6.32. The summed E-state index contributed by atoms with van der Waals surface area (Å²) >= 11 is 0. The molecule has 0 aromatic rings. The van der Waals surface area contributed by atoms with E-state index in [9.17, 15) is 0 Å². The summed E-state index contributed by atoms with van der Waals surface area (Å²) in [6, 6.07) is 0. The topological polar surface area (TPSA) is 24.5 Å². The Bertz CT molecular complexity index is 195. The van der Waals surface area contributed by atoms with Gasteiger partial charge in [-0.25, -0.2) is 0 Å².